The first-order valence-electron chi connectivity index (χ1n) is 5.98. The van der Waals surface area contributed by atoms with Crippen molar-refractivity contribution in [3.8, 4) is 0 Å². The monoisotopic (exact) mass is 221 g/mol. The lowest BCUT2D eigenvalue weighted by molar-refractivity contribution is 0.0930. The minimum Gasteiger partial charge on any atom is -0.347 e. The Morgan fingerprint density at radius 2 is 2.56 bits per heavy atom. The lowest BCUT2D eigenvalue weighted by atomic mass is 10.2. The molecule has 0 aliphatic carbocycles. The minimum absolute atomic E-state index is 0.0483. The first-order chi connectivity index (χ1) is 7.81. The van der Waals surface area contributed by atoms with Gasteiger partial charge in [0.15, 0.2) is 0 Å². The van der Waals surface area contributed by atoms with Crippen molar-refractivity contribution in [1.82, 2.24) is 15.2 Å². The van der Waals surface area contributed by atoms with Crippen LogP contribution >= 0.6 is 0 Å². The predicted molar refractivity (Wildman–Crippen MR) is 63.5 cm³/mol. The van der Waals surface area contributed by atoms with Gasteiger partial charge in [-0.2, -0.15) is 0 Å². The van der Waals surface area contributed by atoms with Crippen molar-refractivity contribution in [3.63, 3.8) is 0 Å². The molecule has 2 heterocycles. The molecule has 0 radical (unpaired) electrons. The fourth-order valence-corrected chi connectivity index (χ4v) is 2.09. The summed E-state index contributed by atoms with van der Waals surface area (Å²) in [4.78, 5) is 12.0. The highest BCUT2D eigenvalue weighted by Crippen LogP contribution is 2.05. The van der Waals surface area contributed by atoms with Gasteiger partial charge in [-0.3, -0.25) is 4.79 Å². The van der Waals surface area contributed by atoms with E-state index in [0.29, 0.717) is 0 Å². The van der Waals surface area contributed by atoms with Crippen LogP contribution in [0.25, 0.3) is 0 Å². The van der Waals surface area contributed by atoms with E-state index in [1.54, 1.807) is 0 Å². The number of rotatable bonds is 4. The molecule has 2 N–H and O–H groups in total. The molecule has 0 bridgehead atoms. The van der Waals surface area contributed by atoms with Crippen LogP contribution < -0.4 is 10.6 Å². The van der Waals surface area contributed by atoms with Gasteiger partial charge < -0.3 is 15.2 Å². The van der Waals surface area contributed by atoms with E-state index in [9.17, 15) is 4.79 Å². The molecule has 0 unspecified atom stereocenters. The van der Waals surface area contributed by atoms with E-state index in [1.807, 2.05) is 22.9 Å². The molecule has 1 aliphatic heterocycles. The highest BCUT2D eigenvalue weighted by molar-refractivity contribution is 5.93. The quantitative estimate of drug-likeness (QED) is 0.796. The molecular formula is C12H19N3O. The number of nitrogens with one attached hydrogen (secondary N) is 2. The SMILES string of the molecule is CCCn1cccc1C(=O)N[C@H]1CCNC1. The van der Waals surface area contributed by atoms with Gasteiger partial charge in [-0.25, -0.2) is 0 Å². The Labute approximate surface area is 96.0 Å². The highest BCUT2D eigenvalue weighted by atomic mass is 16.2. The summed E-state index contributed by atoms with van der Waals surface area (Å²) in [5, 5.41) is 6.30. The molecule has 1 aromatic rings. The van der Waals surface area contributed by atoms with Crippen molar-refractivity contribution in [1.29, 1.82) is 0 Å². The summed E-state index contributed by atoms with van der Waals surface area (Å²) in [5.41, 5.74) is 0.772. The van der Waals surface area contributed by atoms with Crippen LogP contribution in [-0.2, 0) is 6.54 Å². The zero-order chi connectivity index (χ0) is 11.4. The topological polar surface area (TPSA) is 46.1 Å². The van der Waals surface area contributed by atoms with E-state index in [-0.39, 0.29) is 11.9 Å². The fourth-order valence-electron chi connectivity index (χ4n) is 2.09. The Morgan fingerprint density at radius 3 is 3.25 bits per heavy atom. The normalized spacial score (nSPS) is 19.9. The maximum absolute atomic E-state index is 12.0. The average Bonchev–Trinajstić information content (AvgIpc) is 2.89. The number of nitrogens with zero attached hydrogens (tertiary/aromatic N) is 1. The van der Waals surface area contributed by atoms with Crippen LogP contribution in [0.2, 0.25) is 0 Å². The summed E-state index contributed by atoms with van der Waals surface area (Å²) in [6.07, 6.45) is 4.03. The maximum Gasteiger partial charge on any atom is 0.268 e. The number of aromatic nitrogens is 1. The Kier molecular flexibility index (Phi) is 3.62. The summed E-state index contributed by atoms with van der Waals surface area (Å²) in [6, 6.07) is 4.10. The summed E-state index contributed by atoms with van der Waals surface area (Å²) < 4.78 is 2.01. The number of hydrogen-bond acceptors (Lipinski definition) is 2. The zero-order valence-corrected chi connectivity index (χ0v) is 9.70. The highest BCUT2D eigenvalue weighted by Gasteiger charge is 2.18. The lowest BCUT2D eigenvalue weighted by Gasteiger charge is -2.13. The van der Waals surface area contributed by atoms with Gasteiger partial charge in [0, 0.05) is 25.3 Å². The number of hydrogen-bond donors (Lipinski definition) is 2. The predicted octanol–water partition coefficient (Wildman–Crippen LogP) is 0.990. The van der Waals surface area contributed by atoms with E-state index >= 15 is 0 Å². The van der Waals surface area contributed by atoms with Crippen molar-refractivity contribution in [2.45, 2.75) is 32.4 Å². The van der Waals surface area contributed by atoms with E-state index < -0.39 is 0 Å². The van der Waals surface area contributed by atoms with Crippen LogP contribution in [0.1, 0.15) is 30.3 Å². The first-order valence-corrected chi connectivity index (χ1v) is 5.98. The molecule has 0 saturated carbocycles. The molecule has 4 nitrogen and oxygen atoms in total. The third-order valence-corrected chi connectivity index (χ3v) is 2.92. The molecule has 1 saturated heterocycles. The number of amides is 1. The van der Waals surface area contributed by atoms with Crippen molar-refractivity contribution in [2.24, 2.45) is 0 Å². The second-order valence-corrected chi connectivity index (χ2v) is 4.25. The third kappa shape index (κ3) is 2.44. The fraction of sp³-hybridized carbons (Fsp3) is 0.583. The molecule has 0 spiro atoms. The van der Waals surface area contributed by atoms with Gasteiger partial charge in [0.25, 0.3) is 5.91 Å². The largest absolute Gasteiger partial charge is 0.347 e. The molecule has 0 aromatic carbocycles. The van der Waals surface area contributed by atoms with E-state index in [4.69, 9.17) is 0 Å². The summed E-state index contributed by atoms with van der Waals surface area (Å²) >= 11 is 0. The Balaban J connectivity index is 1.99. The molecule has 1 atom stereocenters. The molecule has 1 aromatic heterocycles. The molecule has 88 valence electrons. The molecule has 16 heavy (non-hydrogen) atoms. The molecule has 2 rings (SSSR count). The zero-order valence-electron chi connectivity index (χ0n) is 9.70. The standard InChI is InChI=1S/C12H19N3O/c1-2-7-15-8-3-4-11(15)12(16)14-10-5-6-13-9-10/h3-4,8,10,13H,2,5-7,9H2,1H3,(H,14,16)/t10-/m0/s1. The second-order valence-electron chi connectivity index (χ2n) is 4.25. The van der Waals surface area contributed by atoms with Crippen molar-refractivity contribution >= 4 is 5.91 Å². The average molecular weight is 221 g/mol. The van der Waals surface area contributed by atoms with Crippen LogP contribution in [-0.4, -0.2) is 29.6 Å². The van der Waals surface area contributed by atoms with Crippen LogP contribution in [0, 0.1) is 0 Å². The van der Waals surface area contributed by atoms with Gasteiger partial charge >= 0.3 is 0 Å². The molecule has 1 aliphatic rings. The van der Waals surface area contributed by atoms with E-state index in [2.05, 4.69) is 17.6 Å². The van der Waals surface area contributed by atoms with Crippen molar-refractivity contribution in [2.75, 3.05) is 13.1 Å². The van der Waals surface area contributed by atoms with Gasteiger partial charge in [-0.15, -0.1) is 0 Å². The van der Waals surface area contributed by atoms with Crippen molar-refractivity contribution in [3.05, 3.63) is 24.0 Å². The summed E-state index contributed by atoms with van der Waals surface area (Å²) in [7, 11) is 0. The third-order valence-electron chi connectivity index (χ3n) is 2.92. The number of carbonyl (C=O) groups is 1. The minimum atomic E-state index is 0.0483. The molecule has 1 amide bonds. The van der Waals surface area contributed by atoms with Gasteiger partial charge in [0.2, 0.25) is 0 Å². The molecule has 1 fully saturated rings. The maximum atomic E-state index is 12.0. The Morgan fingerprint density at radius 1 is 1.69 bits per heavy atom. The number of aryl methyl sites for hydroxylation is 1. The van der Waals surface area contributed by atoms with Gasteiger partial charge in [-0.05, 0) is 31.5 Å². The lowest BCUT2D eigenvalue weighted by Crippen LogP contribution is -2.37. The number of carbonyl (C=O) groups excluding carboxylic acids is 1. The van der Waals surface area contributed by atoms with Crippen LogP contribution in [0.3, 0.4) is 0 Å². The van der Waals surface area contributed by atoms with Gasteiger partial charge in [0.05, 0.1) is 0 Å². The van der Waals surface area contributed by atoms with E-state index in [1.165, 1.54) is 0 Å². The van der Waals surface area contributed by atoms with Crippen LogP contribution in [0.5, 0.6) is 0 Å². The first kappa shape index (κ1) is 11.2. The smallest absolute Gasteiger partial charge is 0.268 e. The summed E-state index contributed by atoms with van der Waals surface area (Å²) in [6.45, 7) is 4.91. The Hall–Kier alpha value is -1.29. The van der Waals surface area contributed by atoms with Gasteiger partial charge in [0.1, 0.15) is 5.69 Å². The Bertz CT molecular complexity index is 353. The van der Waals surface area contributed by atoms with E-state index in [0.717, 1.165) is 38.2 Å². The van der Waals surface area contributed by atoms with Gasteiger partial charge in [-0.1, -0.05) is 6.92 Å². The summed E-state index contributed by atoms with van der Waals surface area (Å²) in [5.74, 6) is 0.0483. The molecular weight excluding hydrogens is 202 g/mol. The molecule has 4 heteroatoms. The van der Waals surface area contributed by atoms with Crippen LogP contribution in [0.15, 0.2) is 18.3 Å². The van der Waals surface area contributed by atoms with Crippen molar-refractivity contribution < 1.29 is 4.79 Å². The van der Waals surface area contributed by atoms with Crippen LogP contribution in [0.4, 0.5) is 0 Å². The second kappa shape index (κ2) is 5.16.